The minimum absolute atomic E-state index is 0.173. The molecule has 0 aliphatic carbocycles. The van der Waals surface area contributed by atoms with Crippen LogP contribution in [0.15, 0.2) is 28.7 Å². The number of imidazole rings is 1. The first-order chi connectivity index (χ1) is 9.34. The zero-order valence-corrected chi connectivity index (χ0v) is 11.9. The number of aryl methyl sites for hydroxylation is 1. The number of sulfonamides is 1. The Hall–Kier alpha value is -1.97. The van der Waals surface area contributed by atoms with Crippen LogP contribution in [0.3, 0.4) is 0 Å². The van der Waals surface area contributed by atoms with Crippen molar-refractivity contribution < 1.29 is 13.5 Å². The molecule has 0 atom stereocenters. The van der Waals surface area contributed by atoms with Gasteiger partial charge in [-0.1, -0.05) is 11.3 Å². The Balaban J connectivity index is 2.10. The highest BCUT2D eigenvalue weighted by molar-refractivity contribution is 7.91. The molecule has 3 aromatic rings. The summed E-state index contributed by atoms with van der Waals surface area (Å²) in [6.45, 7) is 1.79. The highest BCUT2D eigenvalue weighted by atomic mass is 32.2. The maximum Gasteiger partial charge on any atom is 0.267 e. The molecule has 2 aromatic heterocycles. The zero-order chi connectivity index (χ0) is 14.5. The normalized spacial score (nSPS) is 12.1. The SMILES string of the molecule is Cc1cc(-c2cn3nc(S(N)(=O)=O)sc3n2)ccc1O. The molecule has 20 heavy (non-hydrogen) atoms. The zero-order valence-electron chi connectivity index (χ0n) is 10.3. The molecule has 0 unspecified atom stereocenters. The van der Waals surface area contributed by atoms with Crippen LogP contribution in [-0.4, -0.2) is 28.1 Å². The molecule has 2 heterocycles. The lowest BCUT2D eigenvalue weighted by atomic mass is 10.1. The summed E-state index contributed by atoms with van der Waals surface area (Å²) < 4.78 is 23.6. The van der Waals surface area contributed by atoms with Crippen molar-refractivity contribution in [1.82, 2.24) is 14.6 Å². The van der Waals surface area contributed by atoms with Crippen LogP contribution < -0.4 is 5.14 Å². The van der Waals surface area contributed by atoms with Gasteiger partial charge in [0.15, 0.2) is 0 Å². The number of hydrogen-bond donors (Lipinski definition) is 2. The third-order valence-corrected chi connectivity index (χ3v) is 4.99. The van der Waals surface area contributed by atoms with Gasteiger partial charge in [-0.25, -0.2) is 23.1 Å². The van der Waals surface area contributed by atoms with Gasteiger partial charge in [-0.05, 0) is 30.7 Å². The van der Waals surface area contributed by atoms with Gasteiger partial charge in [-0.15, -0.1) is 5.10 Å². The number of nitrogens with zero attached hydrogens (tertiary/aromatic N) is 3. The number of aromatic nitrogens is 3. The summed E-state index contributed by atoms with van der Waals surface area (Å²) >= 11 is 0.905. The molecule has 9 heteroatoms. The van der Waals surface area contributed by atoms with E-state index in [2.05, 4.69) is 10.1 Å². The first-order valence-electron chi connectivity index (χ1n) is 5.53. The molecule has 104 valence electrons. The van der Waals surface area contributed by atoms with Gasteiger partial charge in [0.25, 0.3) is 10.0 Å². The first-order valence-corrected chi connectivity index (χ1v) is 7.90. The number of rotatable bonds is 2. The third-order valence-electron chi connectivity index (χ3n) is 2.76. The van der Waals surface area contributed by atoms with Crippen LogP contribution in [0.5, 0.6) is 5.75 Å². The van der Waals surface area contributed by atoms with Crippen molar-refractivity contribution in [3.63, 3.8) is 0 Å². The number of nitrogens with two attached hydrogens (primary N) is 1. The van der Waals surface area contributed by atoms with Crippen molar-refractivity contribution >= 4 is 26.3 Å². The molecule has 0 bridgehead atoms. The van der Waals surface area contributed by atoms with E-state index < -0.39 is 10.0 Å². The van der Waals surface area contributed by atoms with Gasteiger partial charge >= 0.3 is 0 Å². The topological polar surface area (TPSA) is 111 Å². The Bertz CT molecular complexity index is 880. The van der Waals surface area contributed by atoms with Crippen molar-refractivity contribution in [2.24, 2.45) is 5.14 Å². The van der Waals surface area contributed by atoms with E-state index in [-0.39, 0.29) is 10.1 Å². The minimum atomic E-state index is -3.81. The number of aromatic hydroxyl groups is 1. The molecule has 3 N–H and O–H groups in total. The Morgan fingerprint density at radius 1 is 1.40 bits per heavy atom. The number of fused-ring (bicyclic) bond motifs is 1. The van der Waals surface area contributed by atoms with Crippen LogP contribution in [0.2, 0.25) is 0 Å². The summed E-state index contributed by atoms with van der Waals surface area (Å²) in [7, 11) is -3.81. The minimum Gasteiger partial charge on any atom is -0.508 e. The van der Waals surface area contributed by atoms with E-state index in [1.54, 1.807) is 31.3 Å². The van der Waals surface area contributed by atoms with Crippen LogP contribution in [0.1, 0.15) is 5.56 Å². The van der Waals surface area contributed by atoms with Crippen LogP contribution in [0.25, 0.3) is 16.2 Å². The number of primary sulfonamides is 1. The average Bonchev–Trinajstić information content (AvgIpc) is 2.89. The molecule has 0 radical (unpaired) electrons. The number of phenols is 1. The fraction of sp³-hybridized carbons (Fsp3) is 0.0909. The fourth-order valence-corrected chi connectivity index (χ4v) is 3.26. The van der Waals surface area contributed by atoms with E-state index in [9.17, 15) is 13.5 Å². The lowest BCUT2D eigenvalue weighted by Gasteiger charge is -2.00. The van der Waals surface area contributed by atoms with E-state index >= 15 is 0 Å². The van der Waals surface area contributed by atoms with E-state index in [0.717, 1.165) is 22.5 Å². The Kier molecular flexibility index (Phi) is 2.78. The van der Waals surface area contributed by atoms with Crippen molar-refractivity contribution in [2.75, 3.05) is 0 Å². The van der Waals surface area contributed by atoms with Crippen molar-refractivity contribution in [3.8, 4) is 17.0 Å². The third kappa shape index (κ3) is 2.15. The maximum atomic E-state index is 11.2. The van der Waals surface area contributed by atoms with Gasteiger partial charge in [0.1, 0.15) is 5.75 Å². The van der Waals surface area contributed by atoms with Crippen LogP contribution >= 0.6 is 11.3 Å². The molecule has 7 nitrogen and oxygen atoms in total. The molecule has 0 saturated carbocycles. The summed E-state index contributed by atoms with van der Waals surface area (Å²) in [6.07, 6.45) is 1.62. The molecule has 0 fully saturated rings. The standard InChI is InChI=1S/C11H10N4O3S2/c1-6-4-7(2-3-9(6)16)8-5-15-10(13-8)19-11(14-15)20(12,17)18/h2-5,16H,1H3,(H2,12,17,18). The Labute approximate surface area is 118 Å². The van der Waals surface area contributed by atoms with Crippen molar-refractivity contribution in [1.29, 1.82) is 0 Å². The van der Waals surface area contributed by atoms with Gasteiger partial charge in [0.05, 0.1) is 11.9 Å². The quantitative estimate of drug-likeness (QED) is 0.737. The van der Waals surface area contributed by atoms with Crippen molar-refractivity contribution in [3.05, 3.63) is 30.0 Å². The molecular weight excluding hydrogens is 300 g/mol. The highest BCUT2D eigenvalue weighted by Gasteiger charge is 2.17. The molecule has 0 aliphatic rings. The Morgan fingerprint density at radius 2 is 2.15 bits per heavy atom. The highest BCUT2D eigenvalue weighted by Crippen LogP contribution is 2.27. The second-order valence-electron chi connectivity index (χ2n) is 4.27. The average molecular weight is 310 g/mol. The summed E-state index contributed by atoms with van der Waals surface area (Å²) in [5, 5.41) is 18.4. The molecule has 0 saturated heterocycles. The lowest BCUT2D eigenvalue weighted by molar-refractivity contribution is 0.471. The monoisotopic (exact) mass is 310 g/mol. The predicted octanol–water partition coefficient (Wildman–Crippen LogP) is 1.12. The summed E-state index contributed by atoms with van der Waals surface area (Å²) in [5.41, 5.74) is 2.19. The summed E-state index contributed by atoms with van der Waals surface area (Å²) in [6, 6.07) is 5.11. The molecule has 0 aliphatic heterocycles. The van der Waals surface area contributed by atoms with Gasteiger partial charge in [0.2, 0.25) is 9.30 Å². The van der Waals surface area contributed by atoms with E-state index in [1.807, 2.05) is 0 Å². The van der Waals surface area contributed by atoms with Gasteiger partial charge in [-0.2, -0.15) is 0 Å². The summed E-state index contributed by atoms with van der Waals surface area (Å²) in [4.78, 5) is 4.74. The maximum absolute atomic E-state index is 11.2. The first kappa shape index (κ1) is 13.0. The second kappa shape index (κ2) is 4.27. The van der Waals surface area contributed by atoms with Crippen LogP contribution in [0, 0.1) is 6.92 Å². The van der Waals surface area contributed by atoms with E-state index in [4.69, 9.17) is 5.14 Å². The van der Waals surface area contributed by atoms with E-state index in [0.29, 0.717) is 10.7 Å². The second-order valence-corrected chi connectivity index (χ2v) is 6.96. The number of hydrogen-bond acceptors (Lipinski definition) is 6. The number of benzene rings is 1. The lowest BCUT2D eigenvalue weighted by Crippen LogP contribution is -2.12. The van der Waals surface area contributed by atoms with Crippen molar-refractivity contribution in [2.45, 2.75) is 11.3 Å². The smallest absolute Gasteiger partial charge is 0.267 e. The fourth-order valence-electron chi connectivity index (χ4n) is 1.75. The number of phenolic OH excluding ortho intramolecular Hbond substituents is 1. The molecule has 1 aromatic carbocycles. The molecular formula is C11H10N4O3S2. The molecule has 3 rings (SSSR count). The summed E-state index contributed by atoms with van der Waals surface area (Å²) in [5.74, 6) is 0.212. The van der Waals surface area contributed by atoms with Gasteiger partial charge < -0.3 is 5.11 Å². The molecule has 0 spiro atoms. The largest absolute Gasteiger partial charge is 0.508 e. The molecule has 0 amide bonds. The Morgan fingerprint density at radius 3 is 2.75 bits per heavy atom. The van der Waals surface area contributed by atoms with Crippen LogP contribution in [-0.2, 0) is 10.0 Å². The van der Waals surface area contributed by atoms with Gasteiger partial charge in [0, 0.05) is 5.56 Å². The van der Waals surface area contributed by atoms with E-state index in [1.165, 1.54) is 4.52 Å². The van der Waals surface area contributed by atoms with Crippen LogP contribution in [0.4, 0.5) is 0 Å². The predicted molar refractivity (Wildman–Crippen MR) is 74.1 cm³/mol. The van der Waals surface area contributed by atoms with Gasteiger partial charge in [-0.3, -0.25) is 0 Å².